The van der Waals surface area contributed by atoms with Crippen LogP contribution in [0.1, 0.15) is 19.3 Å². The largest absolute Gasteiger partial charge is 0.438 e. The maximum atomic E-state index is 15.0. The van der Waals surface area contributed by atoms with Crippen molar-refractivity contribution >= 4 is 17.5 Å². The number of amides is 1. The Labute approximate surface area is 159 Å². The summed E-state index contributed by atoms with van der Waals surface area (Å²) in [4.78, 5) is 14.9. The van der Waals surface area contributed by atoms with Crippen molar-refractivity contribution < 1.29 is 32.9 Å². The normalized spacial score (nSPS) is 34.1. The van der Waals surface area contributed by atoms with E-state index in [9.17, 15) is 18.7 Å². The van der Waals surface area contributed by atoms with Gasteiger partial charge in [-0.15, -0.1) is 0 Å². The van der Waals surface area contributed by atoms with Crippen molar-refractivity contribution in [3.63, 3.8) is 0 Å². The average molecular weight is 394 g/mol. The molecule has 2 aliphatic carbocycles. The molecule has 6 rings (SSSR count). The summed E-state index contributed by atoms with van der Waals surface area (Å²) in [7, 11) is 0. The summed E-state index contributed by atoms with van der Waals surface area (Å²) in [6, 6.07) is 2.29. The fourth-order valence-corrected chi connectivity index (χ4v) is 5.01. The summed E-state index contributed by atoms with van der Waals surface area (Å²) in [6.45, 7) is 1.82. The molecular weight excluding hydrogens is 374 g/mol. The Morgan fingerprint density at radius 2 is 1.71 bits per heavy atom. The van der Waals surface area contributed by atoms with E-state index in [-0.39, 0.29) is 29.9 Å². The molecule has 3 spiro atoms. The third-order valence-corrected chi connectivity index (χ3v) is 6.86. The van der Waals surface area contributed by atoms with Gasteiger partial charge >= 0.3 is 6.09 Å². The van der Waals surface area contributed by atoms with Gasteiger partial charge in [0.25, 0.3) is 0 Å². The Bertz CT molecular complexity index is 862. The van der Waals surface area contributed by atoms with Crippen molar-refractivity contribution in [2.75, 3.05) is 42.6 Å². The zero-order chi connectivity index (χ0) is 19.3. The Hall–Kier alpha value is -1.97. The smallest absolute Gasteiger partial charge is 0.415 e. The Morgan fingerprint density at radius 1 is 1.07 bits per heavy atom. The molecule has 5 fully saturated rings. The molecule has 28 heavy (non-hydrogen) atoms. The quantitative estimate of drug-likeness (QED) is 0.825. The number of hydrogen-bond donors (Lipinski definition) is 1. The molecule has 1 aromatic rings. The number of halogens is 2. The molecule has 3 aliphatic heterocycles. The average Bonchev–Trinajstić information content (AvgIpc) is 3.34. The van der Waals surface area contributed by atoms with Gasteiger partial charge in [-0.1, -0.05) is 0 Å². The van der Waals surface area contributed by atoms with Crippen LogP contribution in [0.4, 0.5) is 25.0 Å². The highest BCUT2D eigenvalue weighted by atomic mass is 19.1. The number of rotatable bonds is 2. The number of aliphatic hydroxyl groups is 1. The number of ether oxygens (including phenoxy) is 3. The second-order valence-electron chi connectivity index (χ2n) is 8.58. The van der Waals surface area contributed by atoms with Crippen molar-refractivity contribution in [1.82, 2.24) is 0 Å². The monoisotopic (exact) mass is 394 g/mol. The van der Waals surface area contributed by atoms with Crippen LogP contribution < -0.4 is 9.80 Å². The molecule has 3 saturated heterocycles. The Kier molecular flexibility index (Phi) is 3.11. The standard InChI is InChI=1S/C19H20F2N2O5/c20-12-5-11(23-9-18(7-14(18)24)28-16(23)25)6-13(21)15(12)22-8-17(1-2-17)19(10-22)26-3-4-27-19/h5-6,14,24H,1-4,7-10H2. The van der Waals surface area contributed by atoms with E-state index < -0.39 is 35.2 Å². The summed E-state index contributed by atoms with van der Waals surface area (Å²) in [6.07, 6.45) is 0.741. The van der Waals surface area contributed by atoms with Crippen LogP contribution in [0, 0.1) is 17.0 Å². The van der Waals surface area contributed by atoms with E-state index in [0.717, 1.165) is 25.0 Å². The van der Waals surface area contributed by atoms with Crippen molar-refractivity contribution in [3.8, 4) is 0 Å². The Balaban J connectivity index is 1.31. The van der Waals surface area contributed by atoms with Gasteiger partial charge in [0.2, 0.25) is 0 Å². The lowest BCUT2D eigenvalue weighted by molar-refractivity contribution is -0.178. The maximum Gasteiger partial charge on any atom is 0.415 e. The molecule has 5 aliphatic rings. The molecule has 2 atom stereocenters. The first kappa shape index (κ1) is 16.9. The van der Waals surface area contributed by atoms with Crippen LogP contribution in [0.3, 0.4) is 0 Å². The van der Waals surface area contributed by atoms with Crippen LogP contribution in [-0.4, -0.2) is 61.5 Å². The zero-order valence-electron chi connectivity index (χ0n) is 15.1. The van der Waals surface area contributed by atoms with Gasteiger partial charge in [0.15, 0.2) is 23.0 Å². The van der Waals surface area contributed by atoms with Crippen LogP contribution >= 0.6 is 0 Å². The molecule has 150 valence electrons. The van der Waals surface area contributed by atoms with Crippen molar-refractivity contribution in [3.05, 3.63) is 23.8 Å². The number of carbonyl (C=O) groups excluding carboxylic acids is 1. The second-order valence-corrected chi connectivity index (χ2v) is 8.58. The number of fused-ring (bicyclic) bond motifs is 1. The lowest BCUT2D eigenvalue weighted by atomic mass is 10.00. The fraction of sp³-hybridized carbons (Fsp3) is 0.632. The first-order valence-electron chi connectivity index (χ1n) is 9.58. The van der Waals surface area contributed by atoms with E-state index >= 15 is 0 Å². The van der Waals surface area contributed by atoms with Gasteiger partial charge in [0, 0.05) is 30.5 Å². The number of carbonyl (C=O) groups is 1. The highest BCUT2D eigenvalue weighted by Gasteiger charge is 2.68. The number of hydrogen-bond acceptors (Lipinski definition) is 6. The topological polar surface area (TPSA) is 71.5 Å². The molecule has 3 heterocycles. The lowest BCUT2D eigenvalue weighted by Crippen LogP contribution is -2.40. The van der Waals surface area contributed by atoms with E-state index in [1.54, 1.807) is 4.90 Å². The van der Waals surface area contributed by atoms with Gasteiger partial charge in [0.1, 0.15) is 5.69 Å². The van der Waals surface area contributed by atoms with Crippen LogP contribution in [0.5, 0.6) is 0 Å². The van der Waals surface area contributed by atoms with Crippen LogP contribution in [0.15, 0.2) is 12.1 Å². The number of anilines is 2. The number of aliphatic hydroxyl groups excluding tert-OH is 1. The molecule has 9 heteroatoms. The minimum absolute atomic E-state index is 0.0862. The SMILES string of the molecule is O=C1OC2(CC2O)CN1c1cc(F)c(N2CC3(CC3)C3(C2)OCCO3)c(F)c1. The summed E-state index contributed by atoms with van der Waals surface area (Å²) < 4.78 is 46.9. The fourth-order valence-electron chi connectivity index (χ4n) is 5.01. The van der Waals surface area contributed by atoms with Gasteiger partial charge in [-0.05, 0) is 12.8 Å². The third kappa shape index (κ3) is 2.09. The molecule has 2 unspecified atom stereocenters. The van der Waals surface area contributed by atoms with E-state index in [4.69, 9.17) is 14.2 Å². The first-order valence-corrected chi connectivity index (χ1v) is 9.58. The first-order chi connectivity index (χ1) is 13.4. The van der Waals surface area contributed by atoms with Gasteiger partial charge in [-0.3, -0.25) is 4.90 Å². The zero-order valence-corrected chi connectivity index (χ0v) is 15.1. The Morgan fingerprint density at radius 3 is 2.25 bits per heavy atom. The summed E-state index contributed by atoms with van der Waals surface area (Å²) in [5.41, 5.74) is -1.17. The summed E-state index contributed by atoms with van der Waals surface area (Å²) in [5, 5.41) is 9.67. The van der Waals surface area contributed by atoms with E-state index in [1.807, 2.05) is 0 Å². The predicted molar refractivity (Wildman–Crippen MR) is 92.1 cm³/mol. The molecule has 1 N–H and O–H groups in total. The molecule has 0 bridgehead atoms. The highest BCUT2D eigenvalue weighted by molar-refractivity contribution is 5.91. The molecule has 1 aromatic carbocycles. The number of nitrogens with zero attached hydrogens (tertiary/aromatic N) is 2. The van der Waals surface area contributed by atoms with Gasteiger partial charge in [-0.2, -0.15) is 0 Å². The molecule has 0 aromatic heterocycles. The minimum Gasteiger partial charge on any atom is -0.438 e. The van der Waals surface area contributed by atoms with E-state index in [1.165, 1.54) is 4.90 Å². The molecule has 1 amide bonds. The van der Waals surface area contributed by atoms with E-state index in [2.05, 4.69) is 0 Å². The van der Waals surface area contributed by atoms with Crippen LogP contribution in [0.25, 0.3) is 0 Å². The summed E-state index contributed by atoms with van der Waals surface area (Å²) in [5.74, 6) is -2.27. The van der Waals surface area contributed by atoms with Gasteiger partial charge in [0.05, 0.1) is 38.1 Å². The molecule has 0 radical (unpaired) electrons. The minimum atomic E-state index is -0.931. The van der Waals surface area contributed by atoms with Gasteiger partial charge < -0.3 is 24.2 Å². The summed E-state index contributed by atoms with van der Waals surface area (Å²) >= 11 is 0. The van der Waals surface area contributed by atoms with Crippen molar-refractivity contribution in [2.24, 2.45) is 5.41 Å². The molecular formula is C19H20F2N2O5. The second kappa shape index (κ2) is 5.14. The lowest BCUT2D eigenvalue weighted by Gasteiger charge is -2.28. The van der Waals surface area contributed by atoms with Gasteiger partial charge in [-0.25, -0.2) is 13.6 Å². The molecule has 2 saturated carbocycles. The maximum absolute atomic E-state index is 15.0. The van der Waals surface area contributed by atoms with E-state index in [0.29, 0.717) is 26.2 Å². The third-order valence-electron chi connectivity index (χ3n) is 6.86. The molecule has 7 nitrogen and oxygen atoms in total. The highest BCUT2D eigenvalue weighted by Crippen LogP contribution is 2.62. The van der Waals surface area contributed by atoms with Crippen molar-refractivity contribution in [2.45, 2.75) is 36.8 Å². The van der Waals surface area contributed by atoms with Crippen LogP contribution in [-0.2, 0) is 14.2 Å². The number of benzene rings is 1. The van der Waals surface area contributed by atoms with Crippen molar-refractivity contribution in [1.29, 1.82) is 0 Å². The van der Waals surface area contributed by atoms with Crippen LogP contribution in [0.2, 0.25) is 0 Å². The predicted octanol–water partition coefficient (Wildman–Crippen LogP) is 1.77.